The quantitative estimate of drug-likeness (QED) is 0.787. The fraction of sp³-hybridized carbons (Fsp3) is 0.214. The van der Waals surface area contributed by atoms with Gasteiger partial charge in [0.05, 0.1) is 23.6 Å². The fourth-order valence-corrected chi connectivity index (χ4v) is 2.34. The summed E-state index contributed by atoms with van der Waals surface area (Å²) in [5.74, 6) is 0. The zero-order valence-electron chi connectivity index (χ0n) is 11.6. The van der Waals surface area contributed by atoms with Crippen LogP contribution < -0.4 is 5.32 Å². The molecule has 108 valence electrons. The minimum atomic E-state index is 0.663. The van der Waals surface area contributed by atoms with Crippen molar-refractivity contribution >= 4 is 17.3 Å². The van der Waals surface area contributed by atoms with Crippen molar-refractivity contribution in [3.63, 3.8) is 0 Å². The van der Waals surface area contributed by atoms with Crippen molar-refractivity contribution in [3.8, 4) is 5.69 Å². The van der Waals surface area contributed by atoms with E-state index >= 15 is 0 Å². The topological polar surface area (TPSA) is 60.6 Å². The van der Waals surface area contributed by atoms with Crippen LogP contribution in [0.25, 0.3) is 5.69 Å². The summed E-state index contributed by atoms with van der Waals surface area (Å²) in [5.41, 5.74) is 2.92. The number of hydrogen-bond acceptors (Lipinski definition) is 4. The lowest BCUT2D eigenvalue weighted by Crippen LogP contribution is -2.09. The number of hydrogen-bond donors (Lipinski definition) is 1. The van der Waals surface area contributed by atoms with Crippen LogP contribution in [-0.2, 0) is 13.1 Å². The van der Waals surface area contributed by atoms with E-state index in [0.29, 0.717) is 11.6 Å². The number of aromatic nitrogens is 5. The molecule has 21 heavy (non-hydrogen) atoms. The molecule has 3 rings (SSSR count). The Labute approximate surface area is 127 Å². The highest BCUT2D eigenvalue weighted by Crippen LogP contribution is 2.24. The minimum absolute atomic E-state index is 0.663. The molecule has 0 amide bonds. The van der Waals surface area contributed by atoms with E-state index in [9.17, 15) is 0 Å². The van der Waals surface area contributed by atoms with Crippen molar-refractivity contribution < 1.29 is 0 Å². The van der Waals surface area contributed by atoms with Crippen molar-refractivity contribution in [2.24, 2.45) is 0 Å². The Hall–Kier alpha value is -2.34. The van der Waals surface area contributed by atoms with Gasteiger partial charge in [-0.3, -0.25) is 4.68 Å². The second kappa shape index (κ2) is 5.97. The third-order valence-corrected chi connectivity index (χ3v) is 3.42. The molecule has 0 spiro atoms. The maximum atomic E-state index is 6.09. The Bertz CT molecular complexity index is 719. The second-order valence-corrected chi connectivity index (χ2v) is 4.93. The Balaban J connectivity index is 1.86. The van der Waals surface area contributed by atoms with E-state index in [-0.39, 0.29) is 0 Å². The van der Waals surface area contributed by atoms with Gasteiger partial charge >= 0.3 is 0 Å². The van der Waals surface area contributed by atoms with Crippen molar-refractivity contribution in [1.82, 2.24) is 24.5 Å². The molecule has 7 heteroatoms. The molecule has 0 saturated heterocycles. The van der Waals surface area contributed by atoms with E-state index in [1.54, 1.807) is 17.2 Å². The lowest BCUT2D eigenvalue weighted by molar-refractivity contribution is 0.627. The normalized spacial score (nSPS) is 10.8. The van der Waals surface area contributed by atoms with Gasteiger partial charge in [0.2, 0.25) is 0 Å². The Kier molecular flexibility index (Phi) is 3.87. The molecule has 0 aliphatic carbocycles. The number of benzene rings is 1. The van der Waals surface area contributed by atoms with Gasteiger partial charge in [-0.1, -0.05) is 11.6 Å². The predicted molar refractivity (Wildman–Crippen MR) is 81.6 cm³/mol. The van der Waals surface area contributed by atoms with Gasteiger partial charge in [0.1, 0.15) is 12.7 Å². The Morgan fingerprint density at radius 3 is 2.90 bits per heavy atom. The van der Waals surface area contributed by atoms with Crippen molar-refractivity contribution in [1.29, 1.82) is 0 Å². The van der Waals surface area contributed by atoms with Gasteiger partial charge in [-0.2, -0.15) is 10.2 Å². The first-order valence-corrected chi connectivity index (χ1v) is 7.05. The van der Waals surface area contributed by atoms with E-state index in [1.807, 2.05) is 28.9 Å². The molecular weight excluding hydrogens is 288 g/mol. The maximum Gasteiger partial charge on any atom is 0.138 e. The summed E-state index contributed by atoms with van der Waals surface area (Å²) in [7, 11) is 0. The molecule has 0 radical (unpaired) electrons. The van der Waals surface area contributed by atoms with Crippen LogP contribution in [0.1, 0.15) is 12.6 Å². The zero-order chi connectivity index (χ0) is 14.7. The van der Waals surface area contributed by atoms with Gasteiger partial charge in [0, 0.05) is 17.8 Å². The summed E-state index contributed by atoms with van der Waals surface area (Å²) in [4.78, 5) is 3.98. The maximum absolute atomic E-state index is 6.09. The molecule has 3 aromatic rings. The van der Waals surface area contributed by atoms with Gasteiger partial charge < -0.3 is 5.32 Å². The molecule has 0 atom stereocenters. The average molecular weight is 303 g/mol. The monoisotopic (exact) mass is 302 g/mol. The number of halogens is 1. The third kappa shape index (κ3) is 2.90. The molecule has 2 aromatic heterocycles. The summed E-state index contributed by atoms with van der Waals surface area (Å²) >= 11 is 6.09. The molecule has 0 fully saturated rings. The summed E-state index contributed by atoms with van der Waals surface area (Å²) in [6.07, 6.45) is 4.96. The first-order valence-electron chi connectivity index (χ1n) is 6.67. The van der Waals surface area contributed by atoms with Crippen LogP contribution in [0.2, 0.25) is 5.02 Å². The lowest BCUT2D eigenvalue weighted by Gasteiger charge is -2.13. The predicted octanol–water partition coefficient (Wildman–Crippen LogP) is 2.75. The van der Waals surface area contributed by atoms with Gasteiger partial charge in [-0.05, 0) is 31.2 Å². The standard InChI is InChI=1S/C14H15ClN6/c1-2-20-12(5-6-18-20)8-17-13-7-11(15)3-4-14(13)21-10-16-9-19-21/h3-7,9-10,17H,2,8H2,1H3. The van der Waals surface area contributed by atoms with Gasteiger partial charge in [0.15, 0.2) is 0 Å². The Morgan fingerprint density at radius 2 is 2.14 bits per heavy atom. The SMILES string of the molecule is CCn1nccc1CNc1cc(Cl)ccc1-n1cncn1. The summed E-state index contributed by atoms with van der Waals surface area (Å²) < 4.78 is 3.66. The van der Waals surface area contributed by atoms with E-state index < -0.39 is 0 Å². The zero-order valence-corrected chi connectivity index (χ0v) is 12.3. The van der Waals surface area contributed by atoms with Crippen LogP contribution in [0.5, 0.6) is 0 Å². The summed E-state index contributed by atoms with van der Waals surface area (Å²) in [5, 5.41) is 12.5. The van der Waals surface area contributed by atoms with Crippen molar-refractivity contribution in [2.45, 2.75) is 20.0 Å². The molecule has 0 aliphatic heterocycles. The minimum Gasteiger partial charge on any atom is -0.378 e. The van der Waals surface area contributed by atoms with E-state index in [2.05, 4.69) is 27.4 Å². The third-order valence-electron chi connectivity index (χ3n) is 3.19. The molecule has 1 aromatic carbocycles. The number of aryl methyl sites for hydroxylation is 1. The largest absolute Gasteiger partial charge is 0.378 e. The van der Waals surface area contributed by atoms with Crippen LogP contribution in [0.15, 0.2) is 43.1 Å². The average Bonchev–Trinajstić information content (AvgIpc) is 3.16. The molecule has 1 N–H and O–H groups in total. The van der Waals surface area contributed by atoms with Crippen LogP contribution in [-0.4, -0.2) is 24.5 Å². The molecule has 0 bridgehead atoms. The molecule has 0 unspecified atom stereocenters. The number of nitrogens with one attached hydrogen (secondary N) is 1. The molecule has 6 nitrogen and oxygen atoms in total. The highest BCUT2D eigenvalue weighted by Gasteiger charge is 2.07. The van der Waals surface area contributed by atoms with Gasteiger partial charge in [0.25, 0.3) is 0 Å². The highest BCUT2D eigenvalue weighted by molar-refractivity contribution is 6.31. The Morgan fingerprint density at radius 1 is 1.24 bits per heavy atom. The molecule has 0 saturated carbocycles. The second-order valence-electron chi connectivity index (χ2n) is 4.49. The highest BCUT2D eigenvalue weighted by atomic mass is 35.5. The number of nitrogens with zero attached hydrogens (tertiary/aromatic N) is 5. The smallest absolute Gasteiger partial charge is 0.138 e. The van der Waals surface area contributed by atoms with Crippen molar-refractivity contribution in [3.05, 3.63) is 53.8 Å². The fourth-order valence-electron chi connectivity index (χ4n) is 2.16. The van der Waals surface area contributed by atoms with Crippen LogP contribution in [0, 0.1) is 0 Å². The van der Waals surface area contributed by atoms with E-state index in [1.165, 1.54) is 6.33 Å². The molecular formula is C14H15ClN6. The van der Waals surface area contributed by atoms with Crippen molar-refractivity contribution in [2.75, 3.05) is 5.32 Å². The first-order chi connectivity index (χ1) is 10.3. The summed E-state index contributed by atoms with van der Waals surface area (Å²) in [6.45, 7) is 3.57. The van der Waals surface area contributed by atoms with Gasteiger partial charge in [-0.15, -0.1) is 0 Å². The van der Waals surface area contributed by atoms with Crippen LogP contribution >= 0.6 is 11.6 Å². The molecule has 2 heterocycles. The van der Waals surface area contributed by atoms with Gasteiger partial charge in [-0.25, -0.2) is 9.67 Å². The summed E-state index contributed by atoms with van der Waals surface area (Å²) in [6, 6.07) is 7.62. The number of anilines is 1. The number of rotatable bonds is 5. The van der Waals surface area contributed by atoms with E-state index in [0.717, 1.165) is 23.6 Å². The first kappa shape index (κ1) is 13.6. The van der Waals surface area contributed by atoms with E-state index in [4.69, 9.17) is 11.6 Å². The molecule has 0 aliphatic rings. The van der Waals surface area contributed by atoms with Crippen LogP contribution in [0.3, 0.4) is 0 Å². The van der Waals surface area contributed by atoms with Crippen LogP contribution in [0.4, 0.5) is 5.69 Å². The lowest BCUT2D eigenvalue weighted by atomic mass is 10.2.